The third-order valence-corrected chi connectivity index (χ3v) is 9.35. The average Bonchev–Trinajstić information content (AvgIpc) is 2.96. The molecule has 2 atom stereocenters. The van der Waals surface area contributed by atoms with Gasteiger partial charge in [0.05, 0.1) is 0 Å². The summed E-state index contributed by atoms with van der Waals surface area (Å²) in [5.74, 6) is -2.90. The van der Waals surface area contributed by atoms with Crippen molar-refractivity contribution in [2.75, 3.05) is 0 Å². The van der Waals surface area contributed by atoms with Crippen molar-refractivity contribution in [3.8, 4) is 0 Å². The summed E-state index contributed by atoms with van der Waals surface area (Å²) in [6, 6.07) is 23.8. The fourth-order valence-electron chi connectivity index (χ4n) is 8.10. The van der Waals surface area contributed by atoms with Crippen LogP contribution in [0.5, 0.6) is 0 Å². The van der Waals surface area contributed by atoms with Gasteiger partial charge in [-0.25, -0.2) is 0 Å². The van der Waals surface area contributed by atoms with Crippen molar-refractivity contribution in [3.63, 3.8) is 0 Å². The Balaban J connectivity index is 1.34. The number of allylic oxidation sites excluding steroid dienone is 8. The van der Waals surface area contributed by atoms with Crippen LogP contribution in [0.25, 0.3) is 0 Å². The first-order chi connectivity index (χ1) is 18.6. The molecule has 178 valence electrons. The maximum Gasteiger partial charge on any atom is 0.187 e. The van der Waals surface area contributed by atoms with Crippen molar-refractivity contribution in [1.82, 2.24) is 0 Å². The highest BCUT2D eigenvalue weighted by atomic mass is 16.1. The Bertz CT molecular complexity index is 1730. The molecule has 0 amide bonds. The fourth-order valence-corrected chi connectivity index (χ4v) is 8.10. The van der Waals surface area contributed by atoms with Crippen molar-refractivity contribution in [3.05, 3.63) is 152 Å². The predicted molar refractivity (Wildman–Crippen MR) is 139 cm³/mol. The van der Waals surface area contributed by atoms with Crippen LogP contribution in [0.15, 0.2) is 118 Å². The van der Waals surface area contributed by atoms with E-state index in [-0.39, 0.29) is 35.0 Å². The molecule has 4 nitrogen and oxygen atoms in total. The van der Waals surface area contributed by atoms with Crippen LogP contribution >= 0.6 is 0 Å². The molecule has 8 aliphatic carbocycles. The van der Waals surface area contributed by atoms with Gasteiger partial charge in [-0.3, -0.25) is 19.2 Å². The van der Waals surface area contributed by atoms with Gasteiger partial charge in [0.1, 0.15) is 0 Å². The molecule has 8 aliphatic rings. The van der Waals surface area contributed by atoms with Gasteiger partial charge in [0.2, 0.25) is 0 Å². The van der Waals surface area contributed by atoms with E-state index in [4.69, 9.17) is 0 Å². The van der Waals surface area contributed by atoms with Gasteiger partial charge in [0, 0.05) is 57.1 Å². The topological polar surface area (TPSA) is 68.3 Å². The van der Waals surface area contributed by atoms with Crippen LogP contribution in [-0.4, -0.2) is 23.1 Å². The second kappa shape index (κ2) is 6.59. The molecule has 0 radical (unpaired) electrons. The molecule has 0 aliphatic heterocycles. The van der Waals surface area contributed by atoms with E-state index in [1.165, 1.54) is 12.2 Å². The van der Waals surface area contributed by atoms with Crippen molar-refractivity contribution >= 4 is 23.1 Å². The number of hydrogen-bond donors (Lipinski definition) is 0. The summed E-state index contributed by atoms with van der Waals surface area (Å²) >= 11 is 0. The number of carbonyl (C=O) groups excluding carboxylic acids is 4. The van der Waals surface area contributed by atoms with Crippen LogP contribution in [0, 0.1) is 0 Å². The van der Waals surface area contributed by atoms with Crippen LogP contribution in [0.2, 0.25) is 0 Å². The SMILES string of the molecule is O=C1C=CC(=O)C2=C1C1C3=C(C(=O)C4=C(C3=O)C3c5ccccc5C4c4ccccc43)[C@H]2c2ccccc21. The minimum atomic E-state index is -0.709. The molecule has 0 spiro atoms. The quantitative estimate of drug-likeness (QED) is 0.420. The molecule has 0 aromatic heterocycles. The van der Waals surface area contributed by atoms with Gasteiger partial charge in [0.15, 0.2) is 23.1 Å². The smallest absolute Gasteiger partial charge is 0.187 e. The summed E-state index contributed by atoms with van der Waals surface area (Å²) in [6.45, 7) is 0. The molecule has 0 N–H and O–H groups in total. The Morgan fingerprint density at radius 3 is 0.921 bits per heavy atom. The molecule has 3 aromatic rings. The lowest BCUT2D eigenvalue weighted by atomic mass is 9.50. The molecule has 4 bridgehead atoms. The summed E-state index contributed by atoms with van der Waals surface area (Å²) in [7, 11) is 0. The van der Waals surface area contributed by atoms with Crippen molar-refractivity contribution in [1.29, 1.82) is 0 Å². The van der Waals surface area contributed by atoms with Crippen molar-refractivity contribution < 1.29 is 19.2 Å². The summed E-state index contributed by atoms with van der Waals surface area (Å²) in [4.78, 5) is 55.9. The Kier molecular flexibility index (Phi) is 3.53. The van der Waals surface area contributed by atoms with E-state index in [2.05, 4.69) is 24.3 Å². The van der Waals surface area contributed by atoms with Crippen molar-refractivity contribution in [2.24, 2.45) is 0 Å². The standard InChI is InChI=1S/C34H18O4/c35-21-13-14-22(36)28-26-20-12-6-5-11-19(20)25(27(21)28)31-32(26)34(38)30-24-16-8-2-1-7-15(16)23(29(30)33(31)37)17-9-3-4-10-18(17)24/h1-14,23-26H/t23?,24?,25-,26?/m0/s1. The van der Waals surface area contributed by atoms with E-state index in [1.807, 2.05) is 48.5 Å². The van der Waals surface area contributed by atoms with Crippen LogP contribution in [0.3, 0.4) is 0 Å². The Morgan fingerprint density at radius 2 is 0.605 bits per heavy atom. The molecule has 4 heteroatoms. The zero-order valence-electron chi connectivity index (χ0n) is 20.0. The highest BCUT2D eigenvalue weighted by Gasteiger charge is 2.58. The van der Waals surface area contributed by atoms with Gasteiger partial charge in [0.25, 0.3) is 0 Å². The largest absolute Gasteiger partial charge is 0.290 e. The summed E-state index contributed by atoms with van der Waals surface area (Å²) in [5.41, 5.74) is 8.58. The van der Waals surface area contributed by atoms with Crippen LogP contribution in [0.1, 0.15) is 57.1 Å². The lowest BCUT2D eigenvalue weighted by molar-refractivity contribution is -0.118. The zero-order valence-corrected chi connectivity index (χ0v) is 20.0. The van der Waals surface area contributed by atoms with Crippen LogP contribution < -0.4 is 0 Å². The summed E-state index contributed by atoms with van der Waals surface area (Å²) in [6.07, 6.45) is 2.61. The fraction of sp³-hybridized carbons (Fsp3) is 0.118. The number of hydrogen-bond acceptors (Lipinski definition) is 4. The molecule has 0 saturated carbocycles. The van der Waals surface area contributed by atoms with Gasteiger partial charge in [-0.1, -0.05) is 72.8 Å². The van der Waals surface area contributed by atoms with E-state index >= 15 is 0 Å². The maximum atomic E-state index is 14.7. The summed E-state index contributed by atoms with van der Waals surface area (Å²) < 4.78 is 0. The second-order valence-electron chi connectivity index (χ2n) is 10.8. The Morgan fingerprint density at radius 1 is 0.342 bits per heavy atom. The van der Waals surface area contributed by atoms with E-state index in [1.54, 1.807) is 0 Å². The minimum absolute atomic E-state index is 0.153. The molecule has 0 fully saturated rings. The van der Waals surface area contributed by atoms with Crippen LogP contribution in [-0.2, 0) is 19.2 Å². The lowest BCUT2D eigenvalue weighted by Gasteiger charge is -2.49. The van der Waals surface area contributed by atoms with Gasteiger partial charge in [-0.05, 0) is 45.5 Å². The number of benzene rings is 3. The molecular weight excluding hydrogens is 472 g/mol. The Hall–Kier alpha value is -4.70. The molecule has 0 saturated heterocycles. The third-order valence-electron chi connectivity index (χ3n) is 9.35. The Labute approximate surface area is 217 Å². The van der Waals surface area contributed by atoms with Crippen molar-refractivity contribution in [2.45, 2.75) is 23.7 Å². The highest BCUT2D eigenvalue weighted by molar-refractivity contribution is 6.33. The molecule has 1 unspecified atom stereocenters. The molecule has 3 aromatic carbocycles. The number of Topliss-reactive ketones (excluding diaryl/α,β-unsaturated/α-hetero) is 2. The average molecular weight is 491 g/mol. The highest BCUT2D eigenvalue weighted by Crippen LogP contribution is 2.64. The first-order valence-electron chi connectivity index (χ1n) is 12.9. The monoisotopic (exact) mass is 490 g/mol. The van der Waals surface area contributed by atoms with E-state index < -0.39 is 11.8 Å². The van der Waals surface area contributed by atoms with Gasteiger partial charge < -0.3 is 0 Å². The summed E-state index contributed by atoms with van der Waals surface area (Å²) in [5, 5.41) is 0. The van der Waals surface area contributed by atoms with Gasteiger partial charge in [-0.2, -0.15) is 0 Å². The third kappa shape index (κ3) is 2.09. The van der Waals surface area contributed by atoms with E-state index in [0.29, 0.717) is 33.4 Å². The zero-order chi connectivity index (χ0) is 25.4. The van der Waals surface area contributed by atoms with Gasteiger partial charge in [-0.15, -0.1) is 0 Å². The first kappa shape index (κ1) is 20.4. The van der Waals surface area contributed by atoms with E-state index in [0.717, 1.165) is 33.4 Å². The first-order valence-corrected chi connectivity index (χ1v) is 12.9. The number of carbonyl (C=O) groups is 4. The molecule has 38 heavy (non-hydrogen) atoms. The van der Waals surface area contributed by atoms with Gasteiger partial charge >= 0.3 is 0 Å². The van der Waals surface area contributed by atoms with Crippen LogP contribution in [0.4, 0.5) is 0 Å². The number of rotatable bonds is 0. The molecule has 11 rings (SSSR count). The molecule has 0 heterocycles. The maximum absolute atomic E-state index is 14.7. The number of ketones is 4. The van der Waals surface area contributed by atoms with E-state index in [9.17, 15) is 19.2 Å². The minimum Gasteiger partial charge on any atom is -0.290 e. The lowest BCUT2D eigenvalue weighted by Crippen LogP contribution is -2.45. The normalized spacial score (nSPS) is 27.3. The molecular formula is C34H18O4. The second-order valence-corrected chi connectivity index (χ2v) is 10.8. The predicted octanol–water partition coefficient (Wildman–Crippen LogP) is 4.92.